The Morgan fingerprint density at radius 2 is 1.71 bits per heavy atom. The summed E-state index contributed by atoms with van der Waals surface area (Å²) in [6.07, 6.45) is 5.93. The zero-order valence-corrected chi connectivity index (χ0v) is 14.1. The van der Waals surface area contributed by atoms with Crippen molar-refractivity contribution in [1.29, 1.82) is 0 Å². The standard InChI is InChI=1S/C17H32N2O2/c1-15(2)10-19(11-16(3,4)21-15)14-7-8-17(9-14,12-20)18-13-5-6-13/h13-14,18,20H,5-12H2,1-4H3. The summed E-state index contributed by atoms with van der Waals surface area (Å²) in [5.41, 5.74) is -0.204. The van der Waals surface area contributed by atoms with E-state index in [1.54, 1.807) is 0 Å². The fourth-order valence-corrected chi connectivity index (χ4v) is 4.50. The second-order valence-electron chi connectivity index (χ2n) is 8.78. The molecular formula is C17H32N2O2. The molecule has 2 atom stereocenters. The first-order chi connectivity index (χ1) is 9.73. The first-order valence-corrected chi connectivity index (χ1v) is 8.55. The van der Waals surface area contributed by atoms with Gasteiger partial charge in [0.15, 0.2) is 0 Å². The number of hydrogen-bond donors (Lipinski definition) is 2. The van der Waals surface area contributed by atoms with Crippen LogP contribution < -0.4 is 5.32 Å². The summed E-state index contributed by atoms with van der Waals surface area (Å²) >= 11 is 0. The highest BCUT2D eigenvalue weighted by molar-refractivity contribution is 5.05. The van der Waals surface area contributed by atoms with Gasteiger partial charge < -0.3 is 15.2 Å². The molecule has 0 aromatic carbocycles. The van der Waals surface area contributed by atoms with Gasteiger partial charge in [0.2, 0.25) is 0 Å². The molecule has 3 aliphatic rings. The molecule has 0 aromatic heterocycles. The number of hydrogen-bond acceptors (Lipinski definition) is 4. The van der Waals surface area contributed by atoms with Crippen molar-refractivity contribution in [3.05, 3.63) is 0 Å². The number of aliphatic hydroxyl groups excluding tert-OH is 1. The lowest BCUT2D eigenvalue weighted by atomic mass is 9.95. The molecule has 0 spiro atoms. The number of ether oxygens (including phenoxy) is 1. The highest BCUT2D eigenvalue weighted by atomic mass is 16.5. The molecule has 1 aliphatic heterocycles. The van der Waals surface area contributed by atoms with Crippen molar-refractivity contribution in [1.82, 2.24) is 10.2 Å². The fraction of sp³-hybridized carbons (Fsp3) is 1.00. The van der Waals surface area contributed by atoms with E-state index in [0.29, 0.717) is 12.1 Å². The minimum absolute atomic E-state index is 0.0293. The normalized spacial score (nSPS) is 39.6. The third kappa shape index (κ3) is 3.61. The molecule has 0 aromatic rings. The molecule has 2 N–H and O–H groups in total. The number of morpholine rings is 1. The number of nitrogens with zero attached hydrogens (tertiary/aromatic N) is 1. The van der Waals surface area contributed by atoms with Gasteiger partial charge in [-0.3, -0.25) is 4.90 Å². The summed E-state index contributed by atoms with van der Waals surface area (Å²) in [6.45, 7) is 11.0. The topological polar surface area (TPSA) is 44.7 Å². The predicted octanol–water partition coefficient (Wildman–Crippen LogP) is 1.91. The largest absolute Gasteiger partial charge is 0.394 e. The Labute approximate surface area is 129 Å². The summed E-state index contributed by atoms with van der Waals surface area (Å²) in [5.74, 6) is 0. The molecule has 3 fully saturated rings. The highest BCUT2D eigenvalue weighted by Gasteiger charge is 2.47. The van der Waals surface area contributed by atoms with Gasteiger partial charge in [-0.1, -0.05) is 0 Å². The van der Waals surface area contributed by atoms with Crippen LogP contribution in [0.5, 0.6) is 0 Å². The Balaban J connectivity index is 1.67. The van der Waals surface area contributed by atoms with E-state index in [4.69, 9.17) is 4.74 Å². The molecule has 3 rings (SSSR count). The van der Waals surface area contributed by atoms with Crippen LogP contribution in [-0.2, 0) is 4.74 Å². The second-order valence-corrected chi connectivity index (χ2v) is 8.78. The molecule has 1 heterocycles. The quantitative estimate of drug-likeness (QED) is 0.832. The minimum Gasteiger partial charge on any atom is -0.394 e. The summed E-state index contributed by atoms with van der Waals surface area (Å²) < 4.78 is 6.20. The van der Waals surface area contributed by atoms with Gasteiger partial charge in [-0.2, -0.15) is 0 Å². The van der Waals surface area contributed by atoms with Gasteiger partial charge in [0, 0.05) is 30.7 Å². The molecule has 2 saturated carbocycles. The number of aliphatic hydroxyl groups is 1. The van der Waals surface area contributed by atoms with Gasteiger partial charge in [0.1, 0.15) is 0 Å². The van der Waals surface area contributed by atoms with E-state index in [1.165, 1.54) is 19.3 Å². The van der Waals surface area contributed by atoms with E-state index in [2.05, 4.69) is 37.9 Å². The Morgan fingerprint density at radius 1 is 1.10 bits per heavy atom. The molecule has 4 nitrogen and oxygen atoms in total. The molecule has 4 heteroatoms. The van der Waals surface area contributed by atoms with Crippen LogP contribution in [0.3, 0.4) is 0 Å². The van der Waals surface area contributed by atoms with Gasteiger partial charge in [-0.15, -0.1) is 0 Å². The van der Waals surface area contributed by atoms with E-state index in [0.717, 1.165) is 25.9 Å². The Bertz CT molecular complexity index is 376. The van der Waals surface area contributed by atoms with Crippen LogP contribution in [-0.4, -0.2) is 58.5 Å². The van der Waals surface area contributed by atoms with Crippen molar-refractivity contribution >= 4 is 0 Å². The van der Waals surface area contributed by atoms with Crippen LogP contribution in [0, 0.1) is 0 Å². The van der Waals surface area contributed by atoms with Crippen LogP contribution >= 0.6 is 0 Å². The van der Waals surface area contributed by atoms with E-state index in [1.807, 2.05) is 0 Å². The molecule has 1 saturated heterocycles. The van der Waals surface area contributed by atoms with Gasteiger partial charge in [0.05, 0.1) is 17.8 Å². The Morgan fingerprint density at radius 3 is 2.24 bits per heavy atom. The Kier molecular flexibility index (Phi) is 3.89. The SMILES string of the molecule is CC1(C)CN(C2CCC(CO)(NC3CC3)C2)CC(C)(C)O1. The van der Waals surface area contributed by atoms with E-state index < -0.39 is 0 Å². The Hall–Kier alpha value is -0.160. The van der Waals surface area contributed by atoms with Crippen molar-refractivity contribution in [3.63, 3.8) is 0 Å². The lowest BCUT2D eigenvalue weighted by molar-refractivity contribution is -0.187. The van der Waals surface area contributed by atoms with Crippen LogP contribution in [0.15, 0.2) is 0 Å². The van der Waals surface area contributed by atoms with Gasteiger partial charge >= 0.3 is 0 Å². The minimum atomic E-state index is -0.0872. The average Bonchev–Trinajstić information content (AvgIpc) is 3.03. The van der Waals surface area contributed by atoms with Crippen LogP contribution in [0.1, 0.15) is 59.8 Å². The zero-order valence-electron chi connectivity index (χ0n) is 14.1. The molecule has 2 aliphatic carbocycles. The fourth-order valence-electron chi connectivity index (χ4n) is 4.50. The predicted molar refractivity (Wildman–Crippen MR) is 84.4 cm³/mol. The molecule has 122 valence electrons. The first kappa shape index (κ1) is 15.7. The lowest BCUT2D eigenvalue weighted by Crippen LogP contribution is -2.60. The zero-order chi connectivity index (χ0) is 15.3. The third-order valence-corrected chi connectivity index (χ3v) is 5.21. The molecular weight excluding hydrogens is 264 g/mol. The third-order valence-electron chi connectivity index (χ3n) is 5.21. The van der Waals surface area contributed by atoms with Crippen LogP contribution in [0.4, 0.5) is 0 Å². The number of nitrogens with one attached hydrogen (secondary N) is 1. The van der Waals surface area contributed by atoms with Crippen molar-refractivity contribution in [3.8, 4) is 0 Å². The molecule has 0 bridgehead atoms. The summed E-state index contributed by atoms with van der Waals surface area (Å²) in [4.78, 5) is 2.61. The van der Waals surface area contributed by atoms with Crippen molar-refractivity contribution < 1.29 is 9.84 Å². The van der Waals surface area contributed by atoms with E-state index >= 15 is 0 Å². The van der Waals surface area contributed by atoms with E-state index in [9.17, 15) is 5.11 Å². The summed E-state index contributed by atoms with van der Waals surface area (Å²) in [5, 5.41) is 13.6. The maximum Gasteiger partial charge on any atom is 0.0760 e. The smallest absolute Gasteiger partial charge is 0.0760 e. The molecule has 0 amide bonds. The van der Waals surface area contributed by atoms with E-state index in [-0.39, 0.29) is 23.3 Å². The van der Waals surface area contributed by atoms with Crippen LogP contribution in [0.2, 0.25) is 0 Å². The first-order valence-electron chi connectivity index (χ1n) is 8.55. The van der Waals surface area contributed by atoms with Gasteiger partial charge in [-0.25, -0.2) is 0 Å². The van der Waals surface area contributed by atoms with Crippen LogP contribution in [0.25, 0.3) is 0 Å². The monoisotopic (exact) mass is 296 g/mol. The summed E-state index contributed by atoms with van der Waals surface area (Å²) in [7, 11) is 0. The van der Waals surface area contributed by atoms with Gasteiger partial charge in [0.25, 0.3) is 0 Å². The summed E-state index contributed by atoms with van der Waals surface area (Å²) in [6, 6.07) is 1.24. The van der Waals surface area contributed by atoms with Gasteiger partial charge in [-0.05, 0) is 59.8 Å². The lowest BCUT2D eigenvalue weighted by Gasteiger charge is -2.49. The highest BCUT2D eigenvalue weighted by Crippen LogP contribution is 2.39. The molecule has 2 unspecified atom stereocenters. The van der Waals surface area contributed by atoms with Crippen molar-refractivity contribution in [2.75, 3.05) is 19.7 Å². The van der Waals surface area contributed by atoms with Crippen molar-refractivity contribution in [2.24, 2.45) is 0 Å². The second kappa shape index (κ2) is 5.19. The maximum atomic E-state index is 9.91. The number of rotatable bonds is 4. The van der Waals surface area contributed by atoms with Crippen molar-refractivity contribution in [2.45, 2.75) is 88.6 Å². The average molecular weight is 296 g/mol. The molecule has 21 heavy (non-hydrogen) atoms. The molecule has 0 radical (unpaired) electrons. The maximum absolute atomic E-state index is 9.91.